The zero-order valence-electron chi connectivity index (χ0n) is 15.8. The number of nitrogens with one attached hydrogen (secondary N) is 2. The summed E-state index contributed by atoms with van der Waals surface area (Å²) >= 11 is 0. The Hall–Kier alpha value is -3.16. The quantitative estimate of drug-likeness (QED) is 0.557. The highest BCUT2D eigenvalue weighted by molar-refractivity contribution is 5.95. The molecule has 1 amide bonds. The predicted molar refractivity (Wildman–Crippen MR) is 105 cm³/mol. The molecule has 2 atom stereocenters. The van der Waals surface area contributed by atoms with Crippen molar-refractivity contribution in [3.8, 4) is 16.9 Å². The second kappa shape index (κ2) is 9.16. The van der Waals surface area contributed by atoms with Crippen LogP contribution >= 0.6 is 0 Å². The lowest BCUT2D eigenvalue weighted by Crippen LogP contribution is -2.42. The minimum absolute atomic E-state index is 0.173. The van der Waals surface area contributed by atoms with Gasteiger partial charge < -0.3 is 19.9 Å². The van der Waals surface area contributed by atoms with Crippen LogP contribution in [0.25, 0.3) is 11.1 Å². The van der Waals surface area contributed by atoms with Gasteiger partial charge in [-0.15, -0.1) is 0 Å². The van der Waals surface area contributed by atoms with Gasteiger partial charge in [-0.2, -0.15) is 5.10 Å². The van der Waals surface area contributed by atoms with Crippen molar-refractivity contribution in [2.75, 3.05) is 20.8 Å². The Kier molecular flexibility index (Phi) is 6.41. The number of amides is 1. The van der Waals surface area contributed by atoms with Gasteiger partial charge in [0, 0.05) is 30.0 Å². The van der Waals surface area contributed by atoms with Gasteiger partial charge in [0.1, 0.15) is 11.9 Å². The van der Waals surface area contributed by atoms with E-state index in [1.54, 1.807) is 37.7 Å². The topological polar surface area (TPSA) is 96.5 Å². The van der Waals surface area contributed by atoms with Crippen LogP contribution in [-0.2, 0) is 4.74 Å². The summed E-state index contributed by atoms with van der Waals surface area (Å²) in [5, 5.41) is 20.2. The molecule has 7 nitrogen and oxygen atoms in total. The normalized spacial score (nSPS) is 13.0. The van der Waals surface area contributed by atoms with E-state index >= 15 is 0 Å². The molecular formula is C21H23N3O4. The monoisotopic (exact) mass is 381 g/mol. The molecule has 146 valence electrons. The smallest absolute Gasteiger partial charge is 0.251 e. The third-order valence-corrected chi connectivity index (χ3v) is 4.46. The molecule has 3 aromatic rings. The van der Waals surface area contributed by atoms with Gasteiger partial charge in [0.2, 0.25) is 0 Å². The molecule has 0 bridgehead atoms. The van der Waals surface area contributed by atoms with E-state index in [4.69, 9.17) is 9.47 Å². The van der Waals surface area contributed by atoms with E-state index < -0.39 is 12.1 Å². The van der Waals surface area contributed by atoms with E-state index in [-0.39, 0.29) is 12.5 Å². The summed E-state index contributed by atoms with van der Waals surface area (Å²) in [6, 6.07) is 13.7. The van der Waals surface area contributed by atoms with Crippen LogP contribution in [0.15, 0.2) is 60.9 Å². The third-order valence-electron chi connectivity index (χ3n) is 4.46. The fourth-order valence-corrected chi connectivity index (χ4v) is 2.99. The zero-order chi connectivity index (χ0) is 19.9. The van der Waals surface area contributed by atoms with Gasteiger partial charge in [0.15, 0.2) is 0 Å². The van der Waals surface area contributed by atoms with E-state index in [9.17, 15) is 9.90 Å². The number of benzene rings is 2. The number of carbonyl (C=O) groups is 1. The van der Waals surface area contributed by atoms with Gasteiger partial charge in [-0.05, 0) is 23.8 Å². The minimum atomic E-state index is -0.891. The van der Waals surface area contributed by atoms with E-state index in [2.05, 4.69) is 15.5 Å². The number of carbonyl (C=O) groups excluding carboxylic acids is 1. The summed E-state index contributed by atoms with van der Waals surface area (Å²) in [6.07, 6.45) is 2.54. The Morgan fingerprint density at radius 1 is 1.21 bits per heavy atom. The second-order valence-corrected chi connectivity index (χ2v) is 6.29. The van der Waals surface area contributed by atoms with Gasteiger partial charge in [0.25, 0.3) is 5.91 Å². The Bertz CT molecular complexity index is 897. The summed E-state index contributed by atoms with van der Waals surface area (Å²) < 4.78 is 10.6. The van der Waals surface area contributed by atoms with Gasteiger partial charge in [-0.3, -0.25) is 9.89 Å². The molecule has 0 aliphatic heterocycles. The van der Waals surface area contributed by atoms with Crippen molar-refractivity contribution >= 4 is 5.91 Å². The maximum absolute atomic E-state index is 12.8. The van der Waals surface area contributed by atoms with Crippen molar-refractivity contribution in [1.82, 2.24) is 15.5 Å². The largest absolute Gasteiger partial charge is 0.496 e. The summed E-state index contributed by atoms with van der Waals surface area (Å²) in [6.45, 7) is 0.173. The number of nitrogens with zero attached hydrogens (tertiary/aromatic N) is 1. The van der Waals surface area contributed by atoms with Gasteiger partial charge in [0.05, 0.1) is 26.0 Å². The molecule has 28 heavy (non-hydrogen) atoms. The Labute approximate surface area is 163 Å². The Morgan fingerprint density at radius 2 is 2.00 bits per heavy atom. The molecule has 3 N–H and O–H groups in total. The third kappa shape index (κ3) is 4.39. The van der Waals surface area contributed by atoms with Crippen LogP contribution in [0.5, 0.6) is 5.75 Å². The number of ether oxygens (including phenoxy) is 2. The SMILES string of the molecule is COC[C@H](NC(=O)c1ccc(-c2cn[nH]c2)c(OC)c1)[C@H](O)c1ccccc1. The fourth-order valence-electron chi connectivity index (χ4n) is 2.99. The van der Waals surface area contributed by atoms with Crippen LogP contribution in [0.4, 0.5) is 0 Å². The maximum atomic E-state index is 12.8. The van der Waals surface area contributed by atoms with E-state index in [1.807, 2.05) is 30.3 Å². The zero-order valence-corrected chi connectivity index (χ0v) is 15.8. The first-order valence-corrected chi connectivity index (χ1v) is 8.84. The van der Waals surface area contributed by atoms with Crippen LogP contribution < -0.4 is 10.1 Å². The molecule has 1 heterocycles. The summed E-state index contributed by atoms with van der Waals surface area (Å²) in [5.41, 5.74) is 2.81. The number of rotatable bonds is 8. The lowest BCUT2D eigenvalue weighted by atomic mass is 10.0. The molecule has 0 spiro atoms. The number of hydrogen-bond donors (Lipinski definition) is 3. The maximum Gasteiger partial charge on any atom is 0.251 e. The number of H-pyrrole nitrogens is 1. The van der Waals surface area contributed by atoms with Crippen molar-refractivity contribution in [3.63, 3.8) is 0 Å². The number of aliphatic hydroxyl groups is 1. The molecule has 0 aliphatic rings. The van der Waals surface area contributed by atoms with Crippen molar-refractivity contribution in [2.24, 2.45) is 0 Å². The number of hydrogen-bond acceptors (Lipinski definition) is 5. The fraction of sp³-hybridized carbons (Fsp3) is 0.238. The highest BCUT2D eigenvalue weighted by Gasteiger charge is 2.24. The second-order valence-electron chi connectivity index (χ2n) is 6.29. The Morgan fingerprint density at radius 3 is 2.64 bits per heavy atom. The van der Waals surface area contributed by atoms with Crippen LogP contribution in [-0.4, -0.2) is 48.1 Å². The van der Waals surface area contributed by atoms with E-state index in [0.717, 1.165) is 11.1 Å². The minimum Gasteiger partial charge on any atom is -0.496 e. The first-order chi connectivity index (χ1) is 13.6. The first-order valence-electron chi connectivity index (χ1n) is 8.84. The lowest BCUT2D eigenvalue weighted by Gasteiger charge is -2.24. The van der Waals surface area contributed by atoms with Gasteiger partial charge >= 0.3 is 0 Å². The van der Waals surface area contributed by atoms with Gasteiger partial charge in [-0.1, -0.05) is 30.3 Å². The average molecular weight is 381 g/mol. The molecule has 0 aliphatic carbocycles. The van der Waals surface area contributed by atoms with Crippen molar-refractivity contribution in [1.29, 1.82) is 0 Å². The molecule has 0 radical (unpaired) electrons. The van der Waals surface area contributed by atoms with Crippen LogP contribution in [0.2, 0.25) is 0 Å². The molecule has 0 unspecified atom stereocenters. The van der Waals surface area contributed by atoms with E-state index in [1.165, 1.54) is 7.11 Å². The molecule has 3 rings (SSSR count). The van der Waals surface area contributed by atoms with Crippen LogP contribution in [0.3, 0.4) is 0 Å². The number of methoxy groups -OCH3 is 2. The lowest BCUT2D eigenvalue weighted by molar-refractivity contribution is 0.0594. The van der Waals surface area contributed by atoms with Crippen molar-refractivity contribution in [3.05, 3.63) is 72.1 Å². The number of aromatic amines is 1. The summed E-state index contributed by atoms with van der Waals surface area (Å²) in [4.78, 5) is 12.8. The molecule has 0 fully saturated rings. The highest BCUT2D eigenvalue weighted by atomic mass is 16.5. The Balaban J connectivity index is 1.80. The first kappa shape index (κ1) is 19.6. The standard InChI is InChI=1S/C21H23N3O4/c1-27-13-18(20(25)14-6-4-3-5-7-14)24-21(26)15-8-9-17(19(10-15)28-2)16-11-22-23-12-16/h3-12,18,20,25H,13H2,1-2H3,(H,22,23)(H,24,26)/t18-,20+/m0/s1. The predicted octanol–water partition coefficient (Wildman–Crippen LogP) is 2.56. The molecule has 2 aromatic carbocycles. The number of aromatic nitrogens is 2. The average Bonchev–Trinajstić information content (AvgIpc) is 3.27. The van der Waals surface area contributed by atoms with Crippen LogP contribution in [0, 0.1) is 0 Å². The number of aliphatic hydroxyl groups excluding tert-OH is 1. The van der Waals surface area contributed by atoms with Crippen molar-refractivity contribution in [2.45, 2.75) is 12.1 Å². The van der Waals surface area contributed by atoms with E-state index in [0.29, 0.717) is 16.9 Å². The summed E-state index contributed by atoms with van der Waals surface area (Å²) in [5.74, 6) is 0.232. The molecule has 1 aromatic heterocycles. The highest BCUT2D eigenvalue weighted by Crippen LogP contribution is 2.30. The summed E-state index contributed by atoms with van der Waals surface area (Å²) in [7, 11) is 3.08. The molecule has 7 heteroatoms. The molecule has 0 saturated carbocycles. The van der Waals surface area contributed by atoms with Gasteiger partial charge in [-0.25, -0.2) is 0 Å². The molecule has 0 saturated heterocycles. The van der Waals surface area contributed by atoms with Crippen molar-refractivity contribution < 1.29 is 19.4 Å². The molecular weight excluding hydrogens is 358 g/mol. The van der Waals surface area contributed by atoms with Crippen LogP contribution in [0.1, 0.15) is 22.0 Å².